The van der Waals surface area contributed by atoms with Crippen LogP contribution < -0.4 is 20.1 Å². The van der Waals surface area contributed by atoms with Crippen LogP contribution in [0.2, 0.25) is 5.02 Å². The molecule has 23 heavy (non-hydrogen) atoms. The van der Waals surface area contributed by atoms with Crippen LogP contribution in [-0.4, -0.2) is 25.2 Å². The topological polar surface area (TPSA) is 59.6 Å². The highest BCUT2D eigenvalue weighted by Crippen LogP contribution is 2.32. The van der Waals surface area contributed by atoms with Gasteiger partial charge in [-0.15, -0.1) is 0 Å². The second kappa shape index (κ2) is 6.79. The monoisotopic (exact) mass is 332 g/mol. The van der Waals surface area contributed by atoms with E-state index in [9.17, 15) is 4.79 Å². The van der Waals surface area contributed by atoms with E-state index in [4.69, 9.17) is 21.1 Å². The summed E-state index contributed by atoms with van der Waals surface area (Å²) in [5.41, 5.74) is 1.50. The lowest BCUT2D eigenvalue weighted by Crippen LogP contribution is -2.31. The van der Waals surface area contributed by atoms with Crippen molar-refractivity contribution < 1.29 is 14.3 Å². The maximum absolute atomic E-state index is 12.2. The molecule has 1 heterocycles. The Morgan fingerprint density at radius 3 is 2.43 bits per heavy atom. The highest BCUT2D eigenvalue weighted by Gasteiger charge is 2.16. The molecule has 1 amide bonds. The van der Waals surface area contributed by atoms with Crippen LogP contribution in [0.25, 0.3) is 0 Å². The molecule has 0 unspecified atom stereocenters. The number of ether oxygens (including phenoxy) is 2. The van der Waals surface area contributed by atoms with Crippen molar-refractivity contribution in [2.45, 2.75) is 13.0 Å². The molecule has 0 spiro atoms. The van der Waals surface area contributed by atoms with Crippen LogP contribution >= 0.6 is 11.6 Å². The summed E-state index contributed by atoms with van der Waals surface area (Å²) in [6.45, 7) is 2.88. The van der Waals surface area contributed by atoms with Gasteiger partial charge in [0.25, 0.3) is 0 Å². The van der Waals surface area contributed by atoms with Crippen LogP contribution in [0.15, 0.2) is 42.5 Å². The number of benzene rings is 2. The van der Waals surface area contributed by atoms with E-state index in [1.807, 2.05) is 18.2 Å². The van der Waals surface area contributed by atoms with Crippen molar-refractivity contribution in [2.24, 2.45) is 0 Å². The molecule has 0 bridgehead atoms. The molecular formula is C17H17ClN2O3. The van der Waals surface area contributed by atoms with Crippen molar-refractivity contribution in [3.05, 3.63) is 47.5 Å². The van der Waals surface area contributed by atoms with Crippen LogP contribution in [0.4, 0.5) is 11.4 Å². The van der Waals surface area contributed by atoms with Gasteiger partial charge in [0.05, 0.1) is 0 Å². The predicted octanol–water partition coefficient (Wildman–Crippen LogP) is 3.55. The molecule has 0 fully saturated rings. The van der Waals surface area contributed by atoms with Gasteiger partial charge in [0.15, 0.2) is 11.5 Å². The van der Waals surface area contributed by atoms with Crippen LogP contribution in [-0.2, 0) is 4.79 Å². The number of anilines is 2. The molecule has 0 aliphatic carbocycles. The molecule has 0 aromatic heterocycles. The molecule has 2 aromatic carbocycles. The Morgan fingerprint density at radius 1 is 1.04 bits per heavy atom. The molecule has 6 heteroatoms. The molecule has 0 saturated carbocycles. The van der Waals surface area contributed by atoms with E-state index >= 15 is 0 Å². The zero-order valence-corrected chi connectivity index (χ0v) is 13.4. The molecule has 120 valence electrons. The first kappa shape index (κ1) is 15.5. The second-order valence-corrected chi connectivity index (χ2v) is 5.66. The number of carbonyl (C=O) groups is 1. The summed E-state index contributed by atoms with van der Waals surface area (Å²) in [4.78, 5) is 12.2. The highest BCUT2D eigenvalue weighted by molar-refractivity contribution is 6.30. The summed E-state index contributed by atoms with van der Waals surface area (Å²) in [5, 5.41) is 6.62. The third-order valence-corrected chi connectivity index (χ3v) is 3.68. The van der Waals surface area contributed by atoms with Gasteiger partial charge in [0.1, 0.15) is 19.3 Å². The fourth-order valence-electron chi connectivity index (χ4n) is 2.23. The van der Waals surface area contributed by atoms with Crippen LogP contribution in [0.1, 0.15) is 6.92 Å². The fraction of sp³-hybridized carbons (Fsp3) is 0.235. The minimum absolute atomic E-state index is 0.137. The van der Waals surface area contributed by atoms with E-state index < -0.39 is 6.04 Å². The van der Waals surface area contributed by atoms with Gasteiger partial charge < -0.3 is 20.1 Å². The highest BCUT2D eigenvalue weighted by atomic mass is 35.5. The van der Waals surface area contributed by atoms with Crippen LogP contribution in [0, 0.1) is 0 Å². The summed E-state index contributed by atoms with van der Waals surface area (Å²) < 4.78 is 11.0. The Morgan fingerprint density at radius 2 is 1.70 bits per heavy atom. The van der Waals surface area contributed by atoms with Gasteiger partial charge in [-0.2, -0.15) is 0 Å². The lowest BCUT2D eigenvalue weighted by Gasteiger charge is -2.20. The minimum atomic E-state index is -0.409. The van der Waals surface area contributed by atoms with Gasteiger partial charge in [-0.1, -0.05) is 11.6 Å². The maximum atomic E-state index is 12.2. The maximum Gasteiger partial charge on any atom is 0.246 e. The molecule has 5 nitrogen and oxygen atoms in total. The van der Waals surface area contributed by atoms with Gasteiger partial charge in [-0.05, 0) is 43.3 Å². The zero-order valence-electron chi connectivity index (χ0n) is 12.6. The van der Waals surface area contributed by atoms with E-state index in [1.165, 1.54) is 0 Å². The molecule has 2 N–H and O–H groups in total. The first-order chi connectivity index (χ1) is 11.1. The van der Waals surface area contributed by atoms with E-state index in [0.717, 1.165) is 11.4 Å². The van der Waals surface area contributed by atoms with Gasteiger partial charge in [0.2, 0.25) is 5.91 Å². The van der Waals surface area contributed by atoms with Crippen LogP contribution in [0.5, 0.6) is 11.5 Å². The summed E-state index contributed by atoms with van der Waals surface area (Å²) in [7, 11) is 0. The number of hydrogen-bond acceptors (Lipinski definition) is 4. The van der Waals surface area contributed by atoms with Crippen molar-refractivity contribution in [1.29, 1.82) is 0 Å². The molecule has 1 aliphatic rings. The molecular weight excluding hydrogens is 316 g/mol. The standard InChI is InChI=1S/C17H17ClN2O3/c1-11(17(21)20-13-4-2-12(18)3-5-13)19-14-6-7-15-16(10-14)23-9-8-22-15/h2-7,10-11,19H,8-9H2,1H3,(H,20,21)/t11-/m1/s1. The first-order valence-electron chi connectivity index (χ1n) is 7.34. The summed E-state index contributed by atoms with van der Waals surface area (Å²) in [5.74, 6) is 1.27. The van der Waals surface area contributed by atoms with Gasteiger partial charge in [-0.3, -0.25) is 4.79 Å². The predicted molar refractivity (Wildman–Crippen MR) is 90.6 cm³/mol. The Hall–Kier alpha value is -2.40. The summed E-state index contributed by atoms with van der Waals surface area (Å²) >= 11 is 5.83. The number of amides is 1. The van der Waals surface area contributed by atoms with Crippen molar-refractivity contribution >= 4 is 28.9 Å². The van der Waals surface area contributed by atoms with Crippen molar-refractivity contribution in [3.8, 4) is 11.5 Å². The van der Waals surface area contributed by atoms with E-state index in [0.29, 0.717) is 29.7 Å². The van der Waals surface area contributed by atoms with E-state index in [2.05, 4.69) is 10.6 Å². The summed E-state index contributed by atoms with van der Waals surface area (Å²) in [6.07, 6.45) is 0. The number of halogens is 1. The molecule has 0 radical (unpaired) electrons. The summed E-state index contributed by atoms with van der Waals surface area (Å²) in [6, 6.07) is 12.1. The van der Waals surface area contributed by atoms with E-state index in [-0.39, 0.29) is 5.91 Å². The molecule has 3 rings (SSSR count). The van der Waals surface area contributed by atoms with Gasteiger partial charge >= 0.3 is 0 Å². The number of rotatable bonds is 4. The lowest BCUT2D eigenvalue weighted by molar-refractivity contribution is -0.116. The van der Waals surface area contributed by atoms with Crippen molar-refractivity contribution in [1.82, 2.24) is 0 Å². The normalized spacial score (nSPS) is 14.0. The van der Waals surface area contributed by atoms with Gasteiger partial charge in [0, 0.05) is 22.5 Å². The van der Waals surface area contributed by atoms with E-state index in [1.54, 1.807) is 31.2 Å². The number of hydrogen-bond donors (Lipinski definition) is 2. The average molecular weight is 333 g/mol. The minimum Gasteiger partial charge on any atom is -0.486 e. The Balaban J connectivity index is 1.62. The molecule has 2 aromatic rings. The first-order valence-corrected chi connectivity index (χ1v) is 7.72. The van der Waals surface area contributed by atoms with Crippen molar-refractivity contribution in [2.75, 3.05) is 23.8 Å². The third-order valence-electron chi connectivity index (χ3n) is 3.43. The third kappa shape index (κ3) is 3.87. The molecule has 0 saturated heterocycles. The average Bonchev–Trinajstić information content (AvgIpc) is 2.56. The second-order valence-electron chi connectivity index (χ2n) is 5.22. The van der Waals surface area contributed by atoms with Crippen molar-refractivity contribution in [3.63, 3.8) is 0 Å². The Labute approximate surface area is 139 Å². The lowest BCUT2D eigenvalue weighted by atomic mass is 10.2. The Bertz CT molecular complexity index is 703. The quantitative estimate of drug-likeness (QED) is 0.899. The SMILES string of the molecule is C[C@@H](Nc1ccc2c(c1)OCCO2)C(=O)Nc1ccc(Cl)cc1. The number of fused-ring (bicyclic) bond motifs is 1. The smallest absolute Gasteiger partial charge is 0.246 e. The Kier molecular flexibility index (Phi) is 4.57. The molecule has 1 atom stereocenters. The largest absolute Gasteiger partial charge is 0.486 e. The zero-order chi connectivity index (χ0) is 16.2. The molecule has 1 aliphatic heterocycles. The fourth-order valence-corrected chi connectivity index (χ4v) is 2.36. The van der Waals surface area contributed by atoms with Crippen LogP contribution in [0.3, 0.4) is 0 Å². The number of nitrogens with one attached hydrogen (secondary N) is 2. The van der Waals surface area contributed by atoms with Gasteiger partial charge in [-0.25, -0.2) is 0 Å². The number of carbonyl (C=O) groups excluding carboxylic acids is 1.